The molecule has 0 bridgehead atoms. The van der Waals surface area contributed by atoms with Crippen molar-refractivity contribution < 1.29 is 14.7 Å². The van der Waals surface area contributed by atoms with Crippen molar-refractivity contribution in [2.75, 3.05) is 13.1 Å². The number of hydrogen-bond acceptors (Lipinski definition) is 5. The van der Waals surface area contributed by atoms with Crippen LogP contribution < -0.4 is 16.4 Å². The van der Waals surface area contributed by atoms with E-state index in [0.29, 0.717) is 10.9 Å². The molecule has 174 valence electrons. The second kappa shape index (κ2) is 8.66. The van der Waals surface area contributed by atoms with Gasteiger partial charge < -0.3 is 24.8 Å². The lowest BCUT2D eigenvalue weighted by Crippen LogP contribution is -2.50. The molecule has 2 aromatic heterocycles. The number of carbonyl (C=O) groups is 2. The van der Waals surface area contributed by atoms with Crippen LogP contribution in [0.5, 0.6) is 0 Å². The summed E-state index contributed by atoms with van der Waals surface area (Å²) in [6, 6.07) is 13.2. The molecule has 1 aliphatic heterocycles. The number of rotatable bonds is 5. The van der Waals surface area contributed by atoms with Crippen LogP contribution in [0.4, 0.5) is 0 Å². The Labute approximate surface area is 193 Å². The first-order valence-electron chi connectivity index (χ1n) is 11.2. The molecule has 4 aromatic rings. The number of carbonyl (C=O) groups excluding carboxylic acids is 2. The van der Waals surface area contributed by atoms with Gasteiger partial charge in [0.25, 0.3) is 5.56 Å². The SMILES string of the molecule is O=C([O-])C1CCN(C(=O)[C@H](Cc2c[nH]c3ccccc23)n2c(=O)[nH]c3ccccc3c2=O)CC1. The summed E-state index contributed by atoms with van der Waals surface area (Å²) in [6.45, 7) is 0.449. The molecule has 0 unspecified atom stereocenters. The number of nitrogens with zero attached hydrogens (tertiary/aromatic N) is 2. The number of nitrogens with one attached hydrogen (secondary N) is 2. The summed E-state index contributed by atoms with van der Waals surface area (Å²) in [4.78, 5) is 58.8. The van der Waals surface area contributed by atoms with Crippen LogP contribution in [-0.2, 0) is 16.0 Å². The topological polar surface area (TPSA) is 131 Å². The van der Waals surface area contributed by atoms with Gasteiger partial charge in [0.2, 0.25) is 5.91 Å². The monoisotopic (exact) mass is 459 g/mol. The van der Waals surface area contributed by atoms with Crippen molar-refractivity contribution in [3.05, 3.63) is 81.1 Å². The van der Waals surface area contributed by atoms with Crippen LogP contribution in [0.3, 0.4) is 0 Å². The molecule has 34 heavy (non-hydrogen) atoms. The van der Waals surface area contributed by atoms with Crippen molar-refractivity contribution in [3.63, 3.8) is 0 Å². The minimum absolute atomic E-state index is 0.130. The second-order valence-corrected chi connectivity index (χ2v) is 8.65. The number of H-pyrrole nitrogens is 2. The van der Waals surface area contributed by atoms with E-state index in [4.69, 9.17) is 0 Å². The maximum absolute atomic E-state index is 13.7. The summed E-state index contributed by atoms with van der Waals surface area (Å²) in [5.74, 6) is -2.11. The average molecular weight is 459 g/mol. The number of fused-ring (bicyclic) bond motifs is 2. The van der Waals surface area contributed by atoms with E-state index in [2.05, 4.69) is 9.97 Å². The number of aromatic amines is 2. The number of piperidine rings is 1. The third kappa shape index (κ3) is 3.79. The fourth-order valence-corrected chi connectivity index (χ4v) is 4.80. The summed E-state index contributed by atoms with van der Waals surface area (Å²) in [5, 5.41) is 12.4. The lowest BCUT2D eigenvalue weighted by molar-refractivity contribution is -0.312. The van der Waals surface area contributed by atoms with Gasteiger partial charge in [-0.2, -0.15) is 0 Å². The Morgan fingerprint density at radius 2 is 1.62 bits per heavy atom. The molecule has 0 spiro atoms. The number of carboxylic acid groups (broad SMARTS) is 1. The molecule has 1 aliphatic rings. The lowest BCUT2D eigenvalue weighted by Gasteiger charge is -2.34. The molecular formula is C25H23N4O5-. The standard InChI is InChI=1S/C25H24N4O5/c30-22-18-6-2-4-8-20(18)27-25(34)29(22)21(13-16-14-26-19-7-3-1-5-17(16)19)23(31)28-11-9-15(10-12-28)24(32)33/h1-8,14-15,21,26H,9-13H2,(H,27,34)(H,32,33)/p-1/t21-/m0/s1. The van der Waals surface area contributed by atoms with Crippen LogP contribution in [0, 0.1) is 5.92 Å². The normalized spacial score (nSPS) is 15.6. The molecule has 3 heterocycles. The first-order chi connectivity index (χ1) is 16.4. The van der Waals surface area contributed by atoms with Crippen molar-refractivity contribution in [1.29, 1.82) is 0 Å². The van der Waals surface area contributed by atoms with Crippen molar-refractivity contribution in [1.82, 2.24) is 19.4 Å². The van der Waals surface area contributed by atoms with Crippen LogP contribution in [0.2, 0.25) is 0 Å². The zero-order chi connectivity index (χ0) is 23.8. The quantitative estimate of drug-likeness (QED) is 0.459. The summed E-state index contributed by atoms with van der Waals surface area (Å²) >= 11 is 0. The molecular weight excluding hydrogens is 436 g/mol. The molecule has 1 amide bonds. The predicted octanol–water partition coefficient (Wildman–Crippen LogP) is 0.943. The van der Waals surface area contributed by atoms with Crippen molar-refractivity contribution in [3.8, 4) is 0 Å². The van der Waals surface area contributed by atoms with Crippen molar-refractivity contribution in [2.24, 2.45) is 5.92 Å². The molecule has 0 aliphatic carbocycles. The third-order valence-corrected chi connectivity index (χ3v) is 6.66. The van der Waals surface area contributed by atoms with Gasteiger partial charge >= 0.3 is 5.69 Å². The smallest absolute Gasteiger partial charge is 0.329 e. The number of aromatic nitrogens is 3. The number of aliphatic carboxylic acids is 1. The van der Waals surface area contributed by atoms with Crippen molar-refractivity contribution in [2.45, 2.75) is 25.3 Å². The molecule has 5 rings (SSSR count). The number of amides is 1. The lowest BCUT2D eigenvalue weighted by atomic mass is 9.95. The van der Waals surface area contributed by atoms with E-state index in [0.717, 1.165) is 21.0 Å². The summed E-state index contributed by atoms with van der Waals surface area (Å²) in [5.41, 5.74) is 0.895. The Morgan fingerprint density at radius 3 is 2.32 bits per heavy atom. The van der Waals surface area contributed by atoms with Gasteiger partial charge in [0, 0.05) is 48.5 Å². The molecule has 2 aromatic carbocycles. The first kappa shape index (κ1) is 21.7. The van der Waals surface area contributed by atoms with Gasteiger partial charge in [-0.05, 0) is 36.6 Å². The highest BCUT2D eigenvalue weighted by Crippen LogP contribution is 2.25. The Hall–Kier alpha value is -4.14. The Kier molecular flexibility index (Phi) is 5.53. The average Bonchev–Trinajstić information content (AvgIpc) is 3.26. The molecule has 1 fully saturated rings. The minimum atomic E-state index is -1.12. The molecule has 9 nitrogen and oxygen atoms in total. The van der Waals surface area contributed by atoms with Gasteiger partial charge in [-0.25, -0.2) is 9.36 Å². The van der Waals surface area contributed by atoms with Gasteiger partial charge in [0.05, 0.1) is 10.9 Å². The summed E-state index contributed by atoms with van der Waals surface area (Å²) in [7, 11) is 0. The number of carboxylic acids is 1. The summed E-state index contributed by atoms with van der Waals surface area (Å²) < 4.78 is 0.997. The van der Waals surface area contributed by atoms with Crippen LogP contribution in [0.15, 0.2) is 64.3 Å². The molecule has 1 atom stereocenters. The number of hydrogen-bond donors (Lipinski definition) is 2. The Morgan fingerprint density at radius 1 is 0.971 bits per heavy atom. The fraction of sp³-hybridized carbons (Fsp3) is 0.280. The van der Waals surface area contributed by atoms with E-state index >= 15 is 0 Å². The zero-order valence-electron chi connectivity index (χ0n) is 18.3. The van der Waals surface area contributed by atoms with Gasteiger partial charge in [-0.1, -0.05) is 30.3 Å². The number of benzene rings is 2. The molecule has 9 heteroatoms. The van der Waals surface area contributed by atoms with E-state index < -0.39 is 29.2 Å². The highest BCUT2D eigenvalue weighted by atomic mass is 16.4. The first-order valence-corrected chi connectivity index (χ1v) is 11.2. The predicted molar refractivity (Wildman–Crippen MR) is 124 cm³/mol. The van der Waals surface area contributed by atoms with Gasteiger partial charge in [-0.3, -0.25) is 9.59 Å². The molecule has 0 radical (unpaired) electrons. The highest BCUT2D eigenvalue weighted by Gasteiger charge is 2.32. The Balaban J connectivity index is 1.59. The fourth-order valence-electron chi connectivity index (χ4n) is 4.80. The van der Waals surface area contributed by atoms with E-state index in [1.54, 1.807) is 35.4 Å². The van der Waals surface area contributed by atoms with E-state index in [1.165, 1.54) is 0 Å². The Bertz CT molecular complexity index is 1510. The summed E-state index contributed by atoms with van der Waals surface area (Å²) in [6.07, 6.45) is 2.46. The second-order valence-electron chi connectivity index (χ2n) is 8.65. The number of likely N-dealkylation sites (tertiary alicyclic amines) is 1. The van der Waals surface area contributed by atoms with Crippen LogP contribution in [-0.4, -0.2) is 44.4 Å². The van der Waals surface area contributed by atoms with Crippen LogP contribution in [0.25, 0.3) is 21.8 Å². The largest absolute Gasteiger partial charge is 0.550 e. The highest BCUT2D eigenvalue weighted by molar-refractivity contribution is 5.86. The van der Waals surface area contributed by atoms with Crippen molar-refractivity contribution >= 4 is 33.7 Å². The number of para-hydroxylation sites is 2. The van der Waals surface area contributed by atoms with Crippen LogP contribution >= 0.6 is 0 Å². The maximum atomic E-state index is 13.7. The minimum Gasteiger partial charge on any atom is -0.550 e. The van der Waals surface area contributed by atoms with Gasteiger partial charge in [0.1, 0.15) is 6.04 Å². The van der Waals surface area contributed by atoms with Crippen LogP contribution in [0.1, 0.15) is 24.4 Å². The van der Waals surface area contributed by atoms with E-state index in [1.807, 2.05) is 24.3 Å². The van der Waals surface area contributed by atoms with E-state index in [-0.39, 0.29) is 38.3 Å². The molecule has 1 saturated heterocycles. The molecule has 2 N–H and O–H groups in total. The van der Waals surface area contributed by atoms with E-state index in [9.17, 15) is 24.3 Å². The van der Waals surface area contributed by atoms with Gasteiger partial charge in [0.15, 0.2) is 0 Å². The molecule has 0 saturated carbocycles. The zero-order valence-corrected chi connectivity index (χ0v) is 18.3. The third-order valence-electron chi connectivity index (χ3n) is 6.66. The van der Waals surface area contributed by atoms with Gasteiger partial charge in [-0.15, -0.1) is 0 Å². The maximum Gasteiger partial charge on any atom is 0.329 e.